The minimum absolute atomic E-state index is 0.112. The second kappa shape index (κ2) is 6.65. The molecule has 0 radical (unpaired) electrons. The molecular formula is C16H12F2O3. The Morgan fingerprint density at radius 2 is 1.95 bits per heavy atom. The van der Waals surface area contributed by atoms with E-state index < -0.39 is 17.6 Å². The Labute approximate surface area is 120 Å². The van der Waals surface area contributed by atoms with E-state index >= 15 is 0 Å². The quantitative estimate of drug-likeness (QED) is 0.855. The van der Waals surface area contributed by atoms with Crippen LogP contribution in [0.1, 0.15) is 11.1 Å². The van der Waals surface area contributed by atoms with Crippen LogP contribution in [-0.2, 0) is 11.4 Å². The number of benzene rings is 2. The maximum Gasteiger partial charge on any atom is 0.328 e. The van der Waals surface area contributed by atoms with E-state index in [1.807, 2.05) is 0 Å². The lowest BCUT2D eigenvalue weighted by Crippen LogP contribution is -2.00. The van der Waals surface area contributed by atoms with Gasteiger partial charge in [-0.2, -0.15) is 0 Å². The summed E-state index contributed by atoms with van der Waals surface area (Å²) in [5.41, 5.74) is 0.746. The molecular weight excluding hydrogens is 278 g/mol. The van der Waals surface area contributed by atoms with Gasteiger partial charge in [0, 0.05) is 11.6 Å². The van der Waals surface area contributed by atoms with Gasteiger partial charge in [0.25, 0.3) is 0 Å². The average Bonchev–Trinajstić information content (AvgIpc) is 2.47. The van der Waals surface area contributed by atoms with Crippen molar-refractivity contribution < 1.29 is 23.4 Å². The van der Waals surface area contributed by atoms with Crippen LogP contribution in [-0.4, -0.2) is 11.1 Å². The van der Waals surface area contributed by atoms with Gasteiger partial charge in [0.05, 0.1) is 0 Å². The van der Waals surface area contributed by atoms with Crippen molar-refractivity contribution in [1.29, 1.82) is 0 Å². The van der Waals surface area contributed by atoms with Gasteiger partial charge in [-0.05, 0) is 29.8 Å². The highest BCUT2D eigenvalue weighted by molar-refractivity contribution is 5.85. The highest BCUT2D eigenvalue weighted by atomic mass is 19.2. The third-order valence-corrected chi connectivity index (χ3v) is 2.70. The summed E-state index contributed by atoms with van der Waals surface area (Å²) in [4.78, 5) is 10.4. The third-order valence-electron chi connectivity index (χ3n) is 2.70. The second-order valence-corrected chi connectivity index (χ2v) is 4.25. The molecule has 21 heavy (non-hydrogen) atoms. The zero-order valence-corrected chi connectivity index (χ0v) is 10.9. The van der Waals surface area contributed by atoms with Crippen LogP contribution in [0.5, 0.6) is 5.75 Å². The van der Waals surface area contributed by atoms with E-state index in [4.69, 9.17) is 9.84 Å². The van der Waals surface area contributed by atoms with Crippen LogP contribution in [0.3, 0.4) is 0 Å². The van der Waals surface area contributed by atoms with Crippen LogP contribution in [0.4, 0.5) is 8.78 Å². The highest BCUT2D eigenvalue weighted by Gasteiger charge is 2.08. The van der Waals surface area contributed by atoms with E-state index in [1.165, 1.54) is 18.2 Å². The van der Waals surface area contributed by atoms with Crippen LogP contribution < -0.4 is 4.74 Å². The lowest BCUT2D eigenvalue weighted by atomic mass is 10.2. The lowest BCUT2D eigenvalue weighted by Gasteiger charge is -2.08. The molecule has 108 valence electrons. The first-order valence-electron chi connectivity index (χ1n) is 6.13. The second-order valence-electron chi connectivity index (χ2n) is 4.25. The predicted molar refractivity (Wildman–Crippen MR) is 73.8 cm³/mol. The van der Waals surface area contributed by atoms with Crippen molar-refractivity contribution in [3.05, 3.63) is 71.3 Å². The minimum atomic E-state index is -1.05. The molecule has 0 aliphatic rings. The molecule has 3 nitrogen and oxygen atoms in total. The van der Waals surface area contributed by atoms with Crippen molar-refractivity contribution in [2.24, 2.45) is 0 Å². The molecule has 0 bridgehead atoms. The Morgan fingerprint density at radius 1 is 1.19 bits per heavy atom. The van der Waals surface area contributed by atoms with E-state index in [1.54, 1.807) is 24.3 Å². The van der Waals surface area contributed by atoms with Crippen molar-refractivity contribution in [2.75, 3.05) is 0 Å². The van der Waals surface area contributed by atoms with Crippen LogP contribution in [0.15, 0.2) is 48.5 Å². The number of rotatable bonds is 5. The van der Waals surface area contributed by atoms with Gasteiger partial charge >= 0.3 is 5.97 Å². The average molecular weight is 290 g/mol. The number of aliphatic carboxylic acids is 1. The zero-order valence-electron chi connectivity index (χ0n) is 10.9. The molecule has 0 spiro atoms. The summed E-state index contributed by atoms with van der Waals surface area (Å²) in [6.45, 7) is -0.115. The monoisotopic (exact) mass is 290 g/mol. The van der Waals surface area contributed by atoms with Gasteiger partial charge < -0.3 is 9.84 Å². The summed E-state index contributed by atoms with van der Waals surface area (Å²) in [5, 5.41) is 8.56. The van der Waals surface area contributed by atoms with Gasteiger partial charge in [0.15, 0.2) is 11.6 Å². The molecule has 2 rings (SSSR count). The van der Waals surface area contributed by atoms with E-state index in [2.05, 4.69) is 0 Å². The smallest absolute Gasteiger partial charge is 0.328 e. The number of ether oxygens (including phenoxy) is 1. The molecule has 0 fully saturated rings. The normalized spacial score (nSPS) is 10.8. The van der Waals surface area contributed by atoms with Gasteiger partial charge in [-0.15, -0.1) is 0 Å². The number of carboxylic acid groups (broad SMARTS) is 1. The summed E-state index contributed by atoms with van der Waals surface area (Å²) in [6, 6.07) is 10.5. The van der Waals surface area contributed by atoms with E-state index in [9.17, 15) is 13.6 Å². The number of carboxylic acids is 1. The largest absolute Gasteiger partial charge is 0.489 e. The molecule has 2 aromatic carbocycles. The Balaban J connectivity index is 2.08. The fourth-order valence-corrected chi connectivity index (χ4v) is 1.70. The number of hydrogen-bond acceptors (Lipinski definition) is 2. The van der Waals surface area contributed by atoms with Crippen molar-refractivity contribution in [3.8, 4) is 5.75 Å². The van der Waals surface area contributed by atoms with Gasteiger partial charge in [0.1, 0.15) is 12.4 Å². The molecule has 0 unspecified atom stereocenters. The van der Waals surface area contributed by atoms with Gasteiger partial charge in [-0.3, -0.25) is 0 Å². The van der Waals surface area contributed by atoms with Crippen LogP contribution in [0, 0.1) is 11.6 Å². The van der Waals surface area contributed by atoms with Crippen LogP contribution >= 0.6 is 0 Å². The predicted octanol–water partition coefficient (Wildman–Crippen LogP) is 3.64. The zero-order chi connectivity index (χ0) is 15.2. The molecule has 0 aliphatic carbocycles. The summed E-state index contributed by atoms with van der Waals surface area (Å²) in [5.74, 6) is -2.47. The van der Waals surface area contributed by atoms with Gasteiger partial charge in [0.2, 0.25) is 0 Å². The maximum atomic E-state index is 13.5. The molecule has 0 heterocycles. The maximum absolute atomic E-state index is 13.5. The first-order chi connectivity index (χ1) is 10.1. The van der Waals surface area contributed by atoms with Crippen LogP contribution in [0.25, 0.3) is 6.08 Å². The molecule has 0 aromatic heterocycles. The molecule has 0 atom stereocenters. The Morgan fingerprint density at radius 3 is 2.71 bits per heavy atom. The topological polar surface area (TPSA) is 46.5 Å². The number of carbonyl (C=O) groups is 1. The van der Waals surface area contributed by atoms with Gasteiger partial charge in [-0.25, -0.2) is 13.6 Å². The molecule has 5 heteroatoms. The van der Waals surface area contributed by atoms with E-state index in [0.717, 1.165) is 12.1 Å². The lowest BCUT2D eigenvalue weighted by molar-refractivity contribution is -0.131. The van der Waals surface area contributed by atoms with E-state index in [0.29, 0.717) is 11.3 Å². The Hall–Kier alpha value is -2.69. The van der Waals surface area contributed by atoms with Crippen molar-refractivity contribution in [3.63, 3.8) is 0 Å². The number of hydrogen-bond donors (Lipinski definition) is 1. The van der Waals surface area contributed by atoms with Crippen molar-refractivity contribution in [2.45, 2.75) is 6.61 Å². The minimum Gasteiger partial charge on any atom is -0.489 e. The van der Waals surface area contributed by atoms with Gasteiger partial charge in [-0.1, -0.05) is 24.3 Å². The van der Waals surface area contributed by atoms with Crippen LogP contribution in [0.2, 0.25) is 0 Å². The molecule has 2 aromatic rings. The first-order valence-corrected chi connectivity index (χ1v) is 6.13. The highest BCUT2D eigenvalue weighted by Crippen LogP contribution is 2.18. The fraction of sp³-hybridized carbons (Fsp3) is 0.0625. The summed E-state index contributed by atoms with van der Waals surface area (Å²) in [7, 11) is 0. The molecule has 1 N–H and O–H groups in total. The first kappa shape index (κ1) is 14.7. The molecule has 0 saturated heterocycles. The summed E-state index contributed by atoms with van der Waals surface area (Å²) < 4.78 is 31.9. The molecule has 0 aliphatic heterocycles. The Kier molecular flexibility index (Phi) is 4.66. The standard InChI is InChI=1S/C16H12F2O3/c17-14-6-2-4-12(16(14)18)10-21-13-5-1-3-11(9-13)7-8-15(19)20/h1-9H,10H2,(H,19,20)/b8-7+. The summed E-state index contributed by atoms with van der Waals surface area (Å²) >= 11 is 0. The fourth-order valence-electron chi connectivity index (χ4n) is 1.70. The molecule has 0 amide bonds. The van der Waals surface area contributed by atoms with Crippen molar-refractivity contribution >= 4 is 12.0 Å². The number of halogens is 2. The third kappa shape index (κ3) is 4.14. The molecule has 0 saturated carbocycles. The SMILES string of the molecule is O=C(O)/C=C/c1cccc(OCc2cccc(F)c2F)c1. The Bertz CT molecular complexity index is 681. The van der Waals surface area contributed by atoms with E-state index in [-0.39, 0.29) is 12.2 Å². The van der Waals surface area contributed by atoms with Crippen molar-refractivity contribution in [1.82, 2.24) is 0 Å². The summed E-state index contributed by atoms with van der Waals surface area (Å²) in [6.07, 6.45) is 2.42.